The Bertz CT molecular complexity index is 590. The predicted molar refractivity (Wildman–Crippen MR) is 87.1 cm³/mol. The van der Waals surface area contributed by atoms with Crippen molar-refractivity contribution in [2.45, 2.75) is 39.2 Å². The maximum atomic E-state index is 12.3. The van der Waals surface area contributed by atoms with Crippen LogP contribution in [0.15, 0.2) is 24.3 Å². The second kappa shape index (κ2) is 7.74. The van der Waals surface area contributed by atoms with Crippen LogP contribution in [-0.4, -0.2) is 38.1 Å². The van der Waals surface area contributed by atoms with Crippen molar-refractivity contribution in [2.75, 3.05) is 18.8 Å². The van der Waals surface area contributed by atoms with Crippen LogP contribution >= 0.6 is 0 Å². The second-order valence-corrected chi connectivity index (χ2v) is 7.62. The van der Waals surface area contributed by atoms with Crippen LogP contribution in [0.5, 0.6) is 0 Å². The molecule has 1 heterocycles. The number of carbonyl (C=O) groups is 1. The third-order valence-electron chi connectivity index (χ3n) is 3.81. The van der Waals surface area contributed by atoms with Crippen LogP contribution in [-0.2, 0) is 16.6 Å². The Kier molecular flexibility index (Phi) is 5.97. The van der Waals surface area contributed by atoms with Crippen LogP contribution in [0.25, 0.3) is 0 Å². The molecular weight excluding hydrogens is 300 g/mol. The molecule has 1 amide bonds. The predicted octanol–water partition coefficient (Wildman–Crippen LogP) is 2.14. The Labute approximate surface area is 132 Å². The SMILES string of the molecule is CCCS(=O)(=O)NCc1ccc(C(=O)N2CCCCC2)cc1. The van der Waals surface area contributed by atoms with E-state index >= 15 is 0 Å². The van der Waals surface area contributed by atoms with Crippen molar-refractivity contribution in [1.29, 1.82) is 0 Å². The largest absolute Gasteiger partial charge is 0.339 e. The molecule has 5 nitrogen and oxygen atoms in total. The van der Waals surface area contributed by atoms with Gasteiger partial charge in [-0.25, -0.2) is 13.1 Å². The summed E-state index contributed by atoms with van der Waals surface area (Å²) in [4.78, 5) is 14.2. The summed E-state index contributed by atoms with van der Waals surface area (Å²) in [5, 5.41) is 0. The van der Waals surface area contributed by atoms with Gasteiger partial charge < -0.3 is 4.90 Å². The van der Waals surface area contributed by atoms with Crippen LogP contribution < -0.4 is 4.72 Å². The molecule has 0 atom stereocenters. The van der Waals surface area contributed by atoms with Crippen molar-refractivity contribution in [1.82, 2.24) is 9.62 Å². The van der Waals surface area contributed by atoms with Gasteiger partial charge in [-0.15, -0.1) is 0 Å². The van der Waals surface area contributed by atoms with Crippen molar-refractivity contribution in [3.63, 3.8) is 0 Å². The molecule has 1 saturated heterocycles. The monoisotopic (exact) mass is 324 g/mol. The molecule has 122 valence electrons. The van der Waals surface area contributed by atoms with Crippen LogP contribution in [0.4, 0.5) is 0 Å². The molecule has 0 bridgehead atoms. The molecule has 1 aliphatic rings. The summed E-state index contributed by atoms with van der Waals surface area (Å²) in [5.74, 6) is 0.205. The maximum absolute atomic E-state index is 12.3. The number of piperidine rings is 1. The van der Waals surface area contributed by atoms with Gasteiger partial charge in [-0.1, -0.05) is 19.1 Å². The summed E-state index contributed by atoms with van der Waals surface area (Å²) in [6, 6.07) is 7.18. The fraction of sp³-hybridized carbons (Fsp3) is 0.562. The molecule has 0 spiro atoms. The number of amides is 1. The fourth-order valence-corrected chi connectivity index (χ4v) is 3.65. The van der Waals surface area contributed by atoms with Gasteiger partial charge in [-0.2, -0.15) is 0 Å². The summed E-state index contributed by atoms with van der Waals surface area (Å²) < 4.78 is 25.8. The van der Waals surface area contributed by atoms with Gasteiger partial charge in [0.15, 0.2) is 0 Å². The Morgan fingerprint density at radius 1 is 1.14 bits per heavy atom. The third kappa shape index (κ3) is 4.81. The second-order valence-electron chi connectivity index (χ2n) is 5.69. The summed E-state index contributed by atoms with van der Waals surface area (Å²) in [7, 11) is -3.20. The smallest absolute Gasteiger partial charge is 0.253 e. The van der Waals surface area contributed by atoms with E-state index in [-0.39, 0.29) is 18.2 Å². The van der Waals surface area contributed by atoms with Gasteiger partial charge in [0.2, 0.25) is 10.0 Å². The third-order valence-corrected chi connectivity index (χ3v) is 5.34. The lowest BCUT2D eigenvalue weighted by Crippen LogP contribution is -2.35. The lowest BCUT2D eigenvalue weighted by atomic mass is 10.1. The number of rotatable bonds is 6. The summed E-state index contributed by atoms with van der Waals surface area (Å²) in [5.41, 5.74) is 1.52. The molecule has 2 rings (SSSR count). The van der Waals surface area contributed by atoms with Crippen molar-refractivity contribution in [2.24, 2.45) is 0 Å². The molecule has 0 aromatic heterocycles. The van der Waals surface area contributed by atoms with E-state index in [0.717, 1.165) is 31.5 Å². The van der Waals surface area contributed by atoms with Crippen molar-refractivity contribution in [3.8, 4) is 0 Å². The van der Waals surface area contributed by atoms with Gasteiger partial charge in [0, 0.05) is 25.2 Å². The molecular formula is C16H24N2O3S. The van der Waals surface area contributed by atoms with E-state index in [4.69, 9.17) is 0 Å². The molecule has 1 fully saturated rings. The molecule has 1 aromatic rings. The Morgan fingerprint density at radius 3 is 2.36 bits per heavy atom. The topological polar surface area (TPSA) is 66.5 Å². The van der Waals surface area contributed by atoms with Gasteiger partial charge in [0.1, 0.15) is 0 Å². The minimum atomic E-state index is -3.20. The van der Waals surface area contributed by atoms with E-state index in [1.807, 2.05) is 24.0 Å². The maximum Gasteiger partial charge on any atom is 0.253 e. The molecule has 1 N–H and O–H groups in total. The van der Waals surface area contributed by atoms with Gasteiger partial charge in [-0.3, -0.25) is 4.79 Å². The van der Waals surface area contributed by atoms with Crippen LogP contribution in [0.1, 0.15) is 48.5 Å². The average molecular weight is 324 g/mol. The first-order valence-corrected chi connectivity index (χ1v) is 9.52. The van der Waals surface area contributed by atoms with Crippen molar-refractivity contribution in [3.05, 3.63) is 35.4 Å². The van der Waals surface area contributed by atoms with Crippen molar-refractivity contribution < 1.29 is 13.2 Å². The number of hydrogen-bond donors (Lipinski definition) is 1. The standard InChI is InChI=1S/C16H24N2O3S/c1-2-12-22(20,21)17-13-14-6-8-15(9-7-14)16(19)18-10-4-3-5-11-18/h6-9,17H,2-5,10-13H2,1H3. The highest BCUT2D eigenvalue weighted by Gasteiger charge is 2.17. The Hall–Kier alpha value is -1.40. The van der Waals surface area contributed by atoms with Gasteiger partial charge in [0.25, 0.3) is 5.91 Å². The highest BCUT2D eigenvalue weighted by atomic mass is 32.2. The number of likely N-dealkylation sites (tertiary alicyclic amines) is 1. The minimum Gasteiger partial charge on any atom is -0.339 e. The molecule has 0 radical (unpaired) electrons. The number of benzene rings is 1. The molecule has 22 heavy (non-hydrogen) atoms. The van der Waals surface area contributed by atoms with Crippen LogP contribution in [0.2, 0.25) is 0 Å². The number of sulfonamides is 1. The van der Waals surface area contributed by atoms with E-state index < -0.39 is 10.0 Å². The first-order chi connectivity index (χ1) is 10.5. The zero-order valence-electron chi connectivity index (χ0n) is 13.0. The van der Waals surface area contributed by atoms with Gasteiger partial charge >= 0.3 is 0 Å². The lowest BCUT2D eigenvalue weighted by Gasteiger charge is -2.26. The Balaban J connectivity index is 1.93. The quantitative estimate of drug-likeness (QED) is 0.872. The molecule has 6 heteroatoms. The molecule has 1 aliphatic heterocycles. The van der Waals surface area contributed by atoms with E-state index in [2.05, 4.69) is 4.72 Å². The van der Waals surface area contributed by atoms with E-state index in [1.165, 1.54) is 6.42 Å². The number of nitrogens with one attached hydrogen (secondary N) is 1. The lowest BCUT2D eigenvalue weighted by molar-refractivity contribution is 0.0724. The van der Waals surface area contributed by atoms with Crippen molar-refractivity contribution >= 4 is 15.9 Å². The average Bonchev–Trinajstić information content (AvgIpc) is 2.54. The minimum absolute atomic E-state index is 0.0674. The summed E-state index contributed by atoms with van der Waals surface area (Å²) in [6.45, 7) is 3.76. The Morgan fingerprint density at radius 2 is 1.77 bits per heavy atom. The zero-order chi connectivity index (χ0) is 16.0. The van der Waals surface area contributed by atoms with E-state index in [9.17, 15) is 13.2 Å². The fourth-order valence-electron chi connectivity index (χ4n) is 2.58. The molecule has 1 aromatic carbocycles. The number of carbonyl (C=O) groups excluding carboxylic acids is 1. The summed E-state index contributed by atoms with van der Waals surface area (Å²) in [6.07, 6.45) is 3.94. The zero-order valence-corrected chi connectivity index (χ0v) is 13.9. The van der Waals surface area contributed by atoms with Gasteiger partial charge in [0.05, 0.1) is 5.75 Å². The van der Waals surface area contributed by atoms with E-state index in [0.29, 0.717) is 12.0 Å². The highest BCUT2D eigenvalue weighted by molar-refractivity contribution is 7.89. The van der Waals surface area contributed by atoms with E-state index in [1.54, 1.807) is 12.1 Å². The normalized spacial score (nSPS) is 15.8. The van der Waals surface area contributed by atoms with Crippen LogP contribution in [0.3, 0.4) is 0 Å². The highest BCUT2D eigenvalue weighted by Crippen LogP contribution is 2.14. The molecule has 0 aliphatic carbocycles. The van der Waals surface area contributed by atoms with Crippen LogP contribution in [0, 0.1) is 0 Å². The van der Waals surface area contributed by atoms with Gasteiger partial charge in [-0.05, 0) is 43.4 Å². The number of hydrogen-bond acceptors (Lipinski definition) is 3. The molecule has 0 saturated carbocycles. The first-order valence-electron chi connectivity index (χ1n) is 7.87. The number of nitrogens with zero attached hydrogens (tertiary/aromatic N) is 1. The first kappa shape index (κ1) is 17.0. The molecule has 0 unspecified atom stereocenters. The summed E-state index contributed by atoms with van der Waals surface area (Å²) >= 11 is 0.